The highest BCUT2D eigenvalue weighted by molar-refractivity contribution is 9.10. The minimum Gasteiger partial charge on any atom is -0.497 e. The summed E-state index contributed by atoms with van der Waals surface area (Å²) in [6.45, 7) is 3.82. The minimum absolute atomic E-state index is 0.199. The molecule has 2 aliphatic rings. The lowest BCUT2D eigenvalue weighted by Gasteiger charge is -2.51. The third kappa shape index (κ3) is 7.44. The molecule has 2 saturated heterocycles. The molecule has 0 bridgehead atoms. The molecule has 2 heterocycles. The number of rotatable bonds is 4. The highest BCUT2D eigenvalue weighted by Crippen LogP contribution is 2.29. The van der Waals surface area contributed by atoms with Crippen LogP contribution in [0.25, 0.3) is 0 Å². The molecule has 2 fully saturated rings. The standard InChI is InChI=1S/C19H28N4O4.C6H5Br/c1-13(24)27-18-7-8-23-15(10-20)9-16(23)11-22(12-18)19(25)21-14-3-5-17(26-2)6-4-14;7-6-4-2-1-3-5-6/h3-6,15-16,18H,7-12,20H2,1-2H3,(H,21,25);1-5H/t15-,16+,18?;/m0./s1. The molecule has 2 amide bonds. The second kappa shape index (κ2) is 12.7. The summed E-state index contributed by atoms with van der Waals surface area (Å²) in [6.07, 6.45) is 1.36. The topological polar surface area (TPSA) is 97.1 Å². The fourth-order valence-electron chi connectivity index (χ4n) is 4.27. The number of nitrogens with one attached hydrogen (secondary N) is 1. The number of halogens is 1. The van der Waals surface area contributed by atoms with Crippen LogP contribution in [0.15, 0.2) is 59.1 Å². The molecule has 2 aromatic rings. The SMILES string of the molecule is Brc1ccccc1.COc1ccc(NC(=O)N2CC(OC(C)=O)CCN3[C@H](CN)C[C@@H]3C2)cc1. The van der Waals surface area contributed by atoms with Gasteiger partial charge in [0.25, 0.3) is 0 Å². The van der Waals surface area contributed by atoms with E-state index in [2.05, 4.69) is 26.1 Å². The van der Waals surface area contributed by atoms with E-state index in [0.29, 0.717) is 43.8 Å². The first kappa shape index (κ1) is 26.0. The zero-order valence-corrected chi connectivity index (χ0v) is 21.2. The fraction of sp³-hybridized carbons (Fsp3) is 0.440. The van der Waals surface area contributed by atoms with Crippen LogP contribution >= 0.6 is 15.9 Å². The van der Waals surface area contributed by atoms with Crippen LogP contribution in [-0.2, 0) is 9.53 Å². The van der Waals surface area contributed by atoms with Gasteiger partial charge in [-0.05, 0) is 49.2 Å². The summed E-state index contributed by atoms with van der Waals surface area (Å²) in [6, 6.07) is 17.6. The number of methoxy groups -OCH3 is 1. The van der Waals surface area contributed by atoms with Crippen molar-refractivity contribution in [3.63, 3.8) is 0 Å². The second-order valence-corrected chi connectivity index (χ2v) is 9.31. The van der Waals surface area contributed by atoms with E-state index in [0.717, 1.165) is 23.2 Å². The molecular weight excluding hydrogens is 500 g/mol. The van der Waals surface area contributed by atoms with Gasteiger partial charge >= 0.3 is 12.0 Å². The molecule has 0 aliphatic carbocycles. The number of hydrogen-bond donors (Lipinski definition) is 2. The van der Waals surface area contributed by atoms with Crippen LogP contribution in [-0.4, -0.2) is 73.3 Å². The van der Waals surface area contributed by atoms with Crippen molar-refractivity contribution < 1.29 is 19.1 Å². The van der Waals surface area contributed by atoms with Gasteiger partial charge in [-0.25, -0.2) is 4.79 Å². The van der Waals surface area contributed by atoms with Gasteiger partial charge in [0.15, 0.2) is 0 Å². The maximum absolute atomic E-state index is 12.8. The summed E-state index contributed by atoms with van der Waals surface area (Å²) >= 11 is 3.31. The van der Waals surface area contributed by atoms with Gasteiger partial charge in [-0.3, -0.25) is 9.69 Å². The second-order valence-electron chi connectivity index (χ2n) is 8.40. The van der Waals surface area contributed by atoms with Crippen molar-refractivity contribution in [2.24, 2.45) is 5.73 Å². The largest absolute Gasteiger partial charge is 0.497 e. The number of carbonyl (C=O) groups excluding carboxylic acids is 2. The lowest BCUT2D eigenvalue weighted by Crippen LogP contribution is -2.65. The smallest absolute Gasteiger partial charge is 0.322 e. The average molecular weight is 533 g/mol. The fourth-order valence-corrected chi connectivity index (χ4v) is 4.57. The highest BCUT2D eigenvalue weighted by atomic mass is 79.9. The average Bonchev–Trinajstić information content (AvgIpc) is 2.80. The summed E-state index contributed by atoms with van der Waals surface area (Å²) in [4.78, 5) is 28.3. The Morgan fingerprint density at radius 3 is 2.38 bits per heavy atom. The van der Waals surface area contributed by atoms with E-state index in [-0.39, 0.29) is 18.1 Å². The van der Waals surface area contributed by atoms with Gasteiger partial charge in [0, 0.05) is 48.8 Å². The monoisotopic (exact) mass is 532 g/mol. The Labute approximate surface area is 209 Å². The molecule has 1 unspecified atom stereocenters. The van der Waals surface area contributed by atoms with Crippen molar-refractivity contribution in [3.8, 4) is 5.75 Å². The Hall–Kier alpha value is -2.62. The lowest BCUT2D eigenvalue weighted by atomic mass is 9.90. The molecule has 2 aliphatic heterocycles. The summed E-state index contributed by atoms with van der Waals surface area (Å²) in [5.74, 6) is 0.402. The van der Waals surface area contributed by atoms with Crippen molar-refractivity contribution in [1.29, 1.82) is 0 Å². The first-order chi connectivity index (χ1) is 16.4. The Bertz CT molecular complexity index is 928. The van der Waals surface area contributed by atoms with Crippen molar-refractivity contribution in [1.82, 2.24) is 9.80 Å². The van der Waals surface area contributed by atoms with E-state index in [1.54, 1.807) is 36.3 Å². The summed E-state index contributed by atoms with van der Waals surface area (Å²) in [5, 5.41) is 2.92. The molecule has 0 radical (unpaired) electrons. The van der Waals surface area contributed by atoms with Crippen LogP contribution in [0.2, 0.25) is 0 Å². The van der Waals surface area contributed by atoms with E-state index in [1.807, 2.05) is 30.3 Å². The Kier molecular flexibility index (Phi) is 9.74. The molecule has 0 aromatic heterocycles. The number of nitrogens with two attached hydrogens (primary N) is 1. The predicted molar refractivity (Wildman–Crippen MR) is 136 cm³/mol. The summed E-state index contributed by atoms with van der Waals surface area (Å²) in [7, 11) is 1.60. The van der Waals surface area contributed by atoms with Crippen LogP contribution in [0.4, 0.5) is 10.5 Å². The molecule has 0 spiro atoms. The van der Waals surface area contributed by atoms with Crippen LogP contribution in [0.5, 0.6) is 5.75 Å². The van der Waals surface area contributed by atoms with Gasteiger partial charge in [-0.1, -0.05) is 34.1 Å². The normalized spacial score (nSPS) is 22.0. The van der Waals surface area contributed by atoms with Gasteiger partial charge in [0.05, 0.1) is 13.7 Å². The summed E-state index contributed by atoms with van der Waals surface area (Å²) < 4.78 is 11.7. The third-order valence-electron chi connectivity index (χ3n) is 6.01. The molecule has 3 atom stereocenters. The Morgan fingerprint density at radius 1 is 1.12 bits per heavy atom. The Balaban J connectivity index is 0.000000396. The van der Waals surface area contributed by atoms with E-state index in [9.17, 15) is 9.59 Å². The molecule has 3 N–H and O–H groups in total. The highest BCUT2D eigenvalue weighted by Gasteiger charge is 2.41. The van der Waals surface area contributed by atoms with Crippen molar-refractivity contribution in [2.75, 3.05) is 38.6 Å². The first-order valence-electron chi connectivity index (χ1n) is 11.4. The van der Waals surface area contributed by atoms with E-state index < -0.39 is 0 Å². The van der Waals surface area contributed by atoms with E-state index >= 15 is 0 Å². The molecular formula is C25H33BrN4O4. The van der Waals surface area contributed by atoms with Crippen molar-refractivity contribution >= 4 is 33.6 Å². The number of anilines is 1. The van der Waals surface area contributed by atoms with Crippen LogP contribution < -0.4 is 15.8 Å². The van der Waals surface area contributed by atoms with Gasteiger partial charge in [-0.15, -0.1) is 0 Å². The number of amides is 2. The number of carbonyl (C=O) groups is 2. The molecule has 4 rings (SSSR count). The molecule has 184 valence electrons. The molecule has 2 aromatic carbocycles. The number of benzene rings is 2. The number of hydrogen-bond acceptors (Lipinski definition) is 6. The van der Waals surface area contributed by atoms with Gasteiger partial charge < -0.3 is 25.4 Å². The third-order valence-corrected chi connectivity index (χ3v) is 6.54. The van der Waals surface area contributed by atoms with Crippen molar-refractivity contribution in [2.45, 2.75) is 38.0 Å². The van der Waals surface area contributed by atoms with Gasteiger partial charge in [0.1, 0.15) is 11.9 Å². The number of nitrogens with zero attached hydrogens (tertiary/aromatic N) is 2. The predicted octanol–water partition coefficient (Wildman–Crippen LogP) is 3.72. The van der Waals surface area contributed by atoms with Gasteiger partial charge in [-0.2, -0.15) is 0 Å². The van der Waals surface area contributed by atoms with E-state index in [1.165, 1.54) is 6.92 Å². The quantitative estimate of drug-likeness (QED) is 0.582. The van der Waals surface area contributed by atoms with Crippen LogP contribution in [0, 0.1) is 0 Å². The summed E-state index contributed by atoms with van der Waals surface area (Å²) in [5.41, 5.74) is 6.53. The minimum atomic E-state index is -0.327. The molecule has 8 nitrogen and oxygen atoms in total. The number of esters is 1. The van der Waals surface area contributed by atoms with E-state index in [4.69, 9.17) is 15.2 Å². The van der Waals surface area contributed by atoms with Crippen molar-refractivity contribution in [3.05, 3.63) is 59.1 Å². The molecule has 9 heteroatoms. The lowest BCUT2D eigenvalue weighted by molar-refractivity contribution is -0.149. The Morgan fingerprint density at radius 2 is 1.82 bits per heavy atom. The maximum Gasteiger partial charge on any atom is 0.322 e. The maximum atomic E-state index is 12.8. The first-order valence-corrected chi connectivity index (χ1v) is 12.2. The number of fused-ring (bicyclic) bond motifs is 1. The van der Waals surface area contributed by atoms with Gasteiger partial charge in [0.2, 0.25) is 0 Å². The molecule has 34 heavy (non-hydrogen) atoms. The van der Waals surface area contributed by atoms with Crippen LogP contribution in [0.3, 0.4) is 0 Å². The number of ether oxygens (including phenoxy) is 2. The molecule has 0 saturated carbocycles. The zero-order chi connectivity index (χ0) is 24.5. The zero-order valence-electron chi connectivity index (χ0n) is 19.7. The van der Waals surface area contributed by atoms with Crippen LogP contribution in [0.1, 0.15) is 19.8 Å². The number of urea groups is 1.